The number of fused-ring (bicyclic) bond motifs is 1. The fourth-order valence-corrected chi connectivity index (χ4v) is 2.78. The molecule has 1 aromatic carbocycles. The Morgan fingerprint density at radius 1 is 1.41 bits per heavy atom. The maximum absolute atomic E-state index is 12.2. The predicted molar refractivity (Wildman–Crippen MR) is 88.9 cm³/mol. The second-order valence-corrected chi connectivity index (χ2v) is 6.25. The Morgan fingerprint density at radius 3 is 2.73 bits per heavy atom. The van der Waals surface area contributed by atoms with E-state index >= 15 is 0 Å². The number of nitrogens with one attached hydrogen (secondary N) is 1. The molecule has 0 fully saturated rings. The van der Waals surface area contributed by atoms with E-state index in [-0.39, 0.29) is 23.9 Å². The first-order valence-corrected chi connectivity index (χ1v) is 8.33. The molecule has 0 saturated carbocycles. The lowest BCUT2D eigenvalue weighted by molar-refractivity contribution is -0.125. The van der Waals surface area contributed by atoms with Crippen LogP contribution in [0.2, 0.25) is 0 Å². The van der Waals surface area contributed by atoms with Gasteiger partial charge in [-0.2, -0.15) is 0 Å². The molecule has 2 rings (SSSR count). The van der Waals surface area contributed by atoms with Gasteiger partial charge in [0.25, 0.3) is 0 Å². The topological polar surface area (TPSA) is 64.3 Å². The first-order chi connectivity index (χ1) is 10.5. The summed E-state index contributed by atoms with van der Waals surface area (Å²) in [5.74, 6) is 1.09. The number of carbonyl (C=O) groups is 1. The molecule has 1 aliphatic rings. The Morgan fingerprint density at radius 2 is 2.14 bits per heavy atom. The number of nitrogens with two attached hydrogens (primary N) is 1. The molecule has 0 radical (unpaired) electrons. The van der Waals surface area contributed by atoms with Crippen molar-refractivity contribution >= 4 is 5.91 Å². The summed E-state index contributed by atoms with van der Waals surface area (Å²) in [5, 5.41) is 3.18. The molecular weight excluding hydrogens is 276 g/mol. The van der Waals surface area contributed by atoms with Crippen molar-refractivity contribution in [2.24, 2.45) is 11.7 Å². The normalized spacial score (nSPS) is 19.8. The molecule has 0 aliphatic carbocycles. The van der Waals surface area contributed by atoms with E-state index in [0.29, 0.717) is 6.61 Å². The van der Waals surface area contributed by atoms with Crippen LogP contribution < -0.4 is 15.8 Å². The highest BCUT2D eigenvalue weighted by Gasteiger charge is 2.27. The van der Waals surface area contributed by atoms with Crippen LogP contribution in [0.15, 0.2) is 12.1 Å². The summed E-state index contributed by atoms with van der Waals surface area (Å²) in [6.45, 7) is 8.74. The second kappa shape index (κ2) is 7.14. The van der Waals surface area contributed by atoms with E-state index < -0.39 is 0 Å². The van der Waals surface area contributed by atoms with Gasteiger partial charge in [0.15, 0.2) is 0 Å². The van der Waals surface area contributed by atoms with Crippen LogP contribution in [0.1, 0.15) is 69.3 Å². The van der Waals surface area contributed by atoms with E-state index in [1.807, 2.05) is 20.8 Å². The van der Waals surface area contributed by atoms with E-state index in [1.54, 1.807) is 0 Å². The molecule has 3 unspecified atom stereocenters. The number of carbonyl (C=O) groups excluding carboxylic acids is 1. The van der Waals surface area contributed by atoms with E-state index in [0.717, 1.165) is 36.1 Å². The third-order valence-corrected chi connectivity index (χ3v) is 4.53. The zero-order chi connectivity index (χ0) is 16.3. The molecule has 1 aromatic rings. The Kier molecular flexibility index (Phi) is 5.46. The summed E-state index contributed by atoms with van der Waals surface area (Å²) in [4.78, 5) is 12.2. The number of ether oxygens (including phenoxy) is 1. The van der Waals surface area contributed by atoms with Gasteiger partial charge >= 0.3 is 0 Å². The number of benzene rings is 1. The van der Waals surface area contributed by atoms with Gasteiger partial charge in [-0.15, -0.1) is 0 Å². The summed E-state index contributed by atoms with van der Waals surface area (Å²) < 4.78 is 5.89. The van der Waals surface area contributed by atoms with Gasteiger partial charge in [-0.3, -0.25) is 4.79 Å². The van der Waals surface area contributed by atoms with Gasteiger partial charge in [-0.05, 0) is 37.0 Å². The van der Waals surface area contributed by atoms with Crippen LogP contribution in [0.5, 0.6) is 5.75 Å². The highest BCUT2D eigenvalue weighted by molar-refractivity contribution is 5.79. The first kappa shape index (κ1) is 16.8. The van der Waals surface area contributed by atoms with Crippen LogP contribution in [-0.2, 0) is 11.2 Å². The molecule has 4 nitrogen and oxygen atoms in total. The number of hydrogen-bond acceptors (Lipinski definition) is 3. The molecule has 1 heterocycles. The van der Waals surface area contributed by atoms with Crippen LogP contribution in [0.3, 0.4) is 0 Å². The summed E-state index contributed by atoms with van der Waals surface area (Å²) in [7, 11) is 0. The van der Waals surface area contributed by atoms with E-state index in [2.05, 4.69) is 24.4 Å². The quantitative estimate of drug-likeness (QED) is 0.877. The number of aryl methyl sites for hydroxylation is 1. The number of amides is 1. The van der Waals surface area contributed by atoms with Crippen molar-refractivity contribution in [1.29, 1.82) is 0 Å². The molecule has 3 atom stereocenters. The van der Waals surface area contributed by atoms with E-state index in [1.165, 1.54) is 5.56 Å². The van der Waals surface area contributed by atoms with Gasteiger partial charge in [-0.25, -0.2) is 0 Å². The van der Waals surface area contributed by atoms with E-state index in [4.69, 9.17) is 10.5 Å². The van der Waals surface area contributed by atoms with Crippen molar-refractivity contribution < 1.29 is 9.53 Å². The molecule has 1 amide bonds. The minimum absolute atomic E-state index is 0.0225. The highest BCUT2D eigenvalue weighted by Crippen LogP contribution is 2.37. The van der Waals surface area contributed by atoms with Crippen molar-refractivity contribution in [2.75, 3.05) is 6.61 Å². The molecule has 4 heteroatoms. The predicted octanol–water partition coefficient (Wildman–Crippen LogP) is 3.25. The second-order valence-electron chi connectivity index (χ2n) is 6.25. The lowest BCUT2D eigenvalue weighted by Gasteiger charge is -2.30. The van der Waals surface area contributed by atoms with Crippen LogP contribution in [0, 0.1) is 5.92 Å². The molecular formula is C18H28N2O2. The van der Waals surface area contributed by atoms with Gasteiger partial charge in [0.1, 0.15) is 5.75 Å². The zero-order valence-corrected chi connectivity index (χ0v) is 14.1. The Bertz CT molecular complexity index is 540. The van der Waals surface area contributed by atoms with Crippen LogP contribution in [0.25, 0.3) is 0 Å². The maximum Gasteiger partial charge on any atom is 0.223 e. The molecule has 122 valence electrons. The lowest BCUT2D eigenvalue weighted by atomic mass is 9.91. The minimum Gasteiger partial charge on any atom is -0.493 e. The summed E-state index contributed by atoms with van der Waals surface area (Å²) >= 11 is 0. The molecule has 22 heavy (non-hydrogen) atoms. The van der Waals surface area contributed by atoms with Gasteiger partial charge in [0, 0.05) is 23.9 Å². The summed E-state index contributed by atoms with van der Waals surface area (Å²) in [6.07, 6.45) is 2.55. The molecule has 0 bridgehead atoms. The fraction of sp³-hybridized carbons (Fsp3) is 0.611. The average Bonchev–Trinajstić information content (AvgIpc) is 2.53. The van der Waals surface area contributed by atoms with Crippen LogP contribution in [-0.4, -0.2) is 12.5 Å². The smallest absolute Gasteiger partial charge is 0.223 e. The standard InChI is InChI=1S/C18H28N2O2/c1-5-11(3)18(21)20-16-7-8-22-17-13(6-2)9-14(12(4)19)10-15(16)17/h9-12,16H,5-8,19H2,1-4H3,(H,20,21). The average molecular weight is 304 g/mol. The largest absolute Gasteiger partial charge is 0.493 e. The molecule has 0 saturated heterocycles. The Hall–Kier alpha value is -1.55. The number of hydrogen-bond donors (Lipinski definition) is 2. The van der Waals surface area contributed by atoms with Gasteiger partial charge in [0.2, 0.25) is 5.91 Å². The van der Waals surface area contributed by atoms with Gasteiger partial charge in [-0.1, -0.05) is 26.8 Å². The maximum atomic E-state index is 12.2. The minimum atomic E-state index is -0.0246. The van der Waals surface area contributed by atoms with Crippen molar-refractivity contribution in [3.63, 3.8) is 0 Å². The van der Waals surface area contributed by atoms with E-state index in [9.17, 15) is 4.79 Å². The molecule has 0 spiro atoms. The van der Waals surface area contributed by atoms with Gasteiger partial charge < -0.3 is 15.8 Å². The van der Waals surface area contributed by atoms with Crippen molar-refractivity contribution in [3.05, 3.63) is 28.8 Å². The Balaban J connectivity index is 2.35. The third kappa shape index (κ3) is 3.43. The van der Waals surface area contributed by atoms with Crippen molar-refractivity contribution in [1.82, 2.24) is 5.32 Å². The zero-order valence-electron chi connectivity index (χ0n) is 14.1. The highest BCUT2D eigenvalue weighted by atomic mass is 16.5. The van der Waals surface area contributed by atoms with Crippen molar-refractivity contribution in [3.8, 4) is 5.75 Å². The number of rotatable bonds is 5. The summed E-state index contributed by atoms with van der Waals surface area (Å²) in [6, 6.07) is 4.22. The molecule has 0 aromatic heterocycles. The van der Waals surface area contributed by atoms with Crippen LogP contribution >= 0.6 is 0 Å². The van der Waals surface area contributed by atoms with Crippen LogP contribution in [0.4, 0.5) is 0 Å². The molecule has 3 N–H and O–H groups in total. The third-order valence-electron chi connectivity index (χ3n) is 4.53. The SMILES string of the molecule is CCc1cc(C(C)N)cc2c1OCCC2NC(=O)C(C)CC. The summed E-state index contributed by atoms with van der Waals surface area (Å²) in [5.41, 5.74) is 9.41. The van der Waals surface area contributed by atoms with Gasteiger partial charge in [0.05, 0.1) is 12.6 Å². The Labute approximate surface area is 133 Å². The lowest BCUT2D eigenvalue weighted by Crippen LogP contribution is -2.35. The first-order valence-electron chi connectivity index (χ1n) is 8.33. The molecule has 1 aliphatic heterocycles. The monoisotopic (exact) mass is 304 g/mol. The fourth-order valence-electron chi connectivity index (χ4n) is 2.78. The van der Waals surface area contributed by atoms with Crippen molar-refractivity contribution in [2.45, 2.75) is 59.0 Å².